The molecular formula is C28H32N8O2. The number of nitrogens with one attached hydrogen (secondary N) is 1. The van der Waals surface area contributed by atoms with Crippen molar-refractivity contribution in [1.29, 1.82) is 0 Å². The van der Waals surface area contributed by atoms with Crippen LogP contribution in [0.1, 0.15) is 56.5 Å². The van der Waals surface area contributed by atoms with Gasteiger partial charge in [-0.25, -0.2) is 4.79 Å². The number of hydrogen-bond donors (Lipinski definition) is 2. The molecule has 0 aliphatic carbocycles. The smallest absolute Gasteiger partial charge is 0.334 e. The Labute approximate surface area is 220 Å². The average Bonchev–Trinajstić information content (AvgIpc) is 3.68. The summed E-state index contributed by atoms with van der Waals surface area (Å²) in [5.41, 5.74) is 5.01. The lowest BCUT2D eigenvalue weighted by molar-refractivity contribution is 0.281. The molecule has 2 N–H and O–H groups in total. The van der Waals surface area contributed by atoms with Crippen molar-refractivity contribution in [2.24, 2.45) is 0 Å². The summed E-state index contributed by atoms with van der Waals surface area (Å²) < 4.78 is 5.52. The van der Waals surface area contributed by atoms with Crippen LogP contribution in [0.2, 0.25) is 0 Å². The number of unbranched alkanes of at least 4 members (excludes halogenated alkanes) is 1. The number of H-pyrrole nitrogens is 1. The fourth-order valence-corrected chi connectivity index (χ4v) is 4.74. The third-order valence-electron chi connectivity index (χ3n) is 6.73. The molecule has 0 saturated carbocycles. The molecule has 0 bridgehead atoms. The van der Waals surface area contributed by atoms with Crippen LogP contribution in [0.15, 0.2) is 65.8 Å². The highest BCUT2D eigenvalue weighted by Gasteiger charge is 2.20. The minimum Gasteiger partial charge on any atom is -0.392 e. The summed E-state index contributed by atoms with van der Waals surface area (Å²) in [5.74, 6) is 1.23. The molecule has 38 heavy (non-hydrogen) atoms. The molecule has 10 nitrogen and oxygen atoms in total. The van der Waals surface area contributed by atoms with Crippen LogP contribution < -0.4 is 5.69 Å². The fourth-order valence-electron chi connectivity index (χ4n) is 4.74. The van der Waals surface area contributed by atoms with Gasteiger partial charge in [-0.15, -0.1) is 10.2 Å². The molecule has 0 fully saturated rings. The van der Waals surface area contributed by atoms with E-state index in [2.05, 4.69) is 41.4 Å². The van der Waals surface area contributed by atoms with E-state index in [9.17, 15) is 9.90 Å². The summed E-state index contributed by atoms with van der Waals surface area (Å²) in [6.07, 6.45) is 8.46. The molecule has 0 spiro atoms. The number of aromatic amines is 1. The second-order valence-electron chi connectivity index (χ2n) is 9.62. The molecule has 5 rings (SSSR count). The number of aryl methyl sites for hydroxylation is 1. The van der Waals surface area contributed by atoms with Gasteiger partial charge in [-0.1, -0.05) is 43.7 Å². The van der Waals surface area contributed by atoms with Crippen LogP contribution >= 0.6 is 0 Å². The molecule has 4 aromatic heterocycles. The van der Waals surface area contributed by atoms with Crippen molar-refractivity contribution < 1.29 is 5.11 Å². The van der Waals surface area contributed by atoms with E-state index in [-0.39, 0.29) is 18.3 Å². The van der Waals surface area contributed by atoms with E-state index in [1.165, 1.54) is 0 Å². The predicted molar refractivity (Wildman–Crippen MR) is 145 cm³/mol. The van der Waals surface area contributed by atoms with Crippen LogP contribution in [0.5, 0.6) is 0 Å². The van der Waals surface area contributed by atoms with Crippen molar-refractivity contribution in [3.8, 4) is 28.5 Å². The Morgan fingerprint density at radius 2 is 1.89 bits per heavy atom. The Bertz CT molecular complexity index is 1560. The molecule has 0 radical (unpaired) electrons. The molecule has 0 amide bonds. The standard InChI is InChI=1S/C28H32N8O2/c1-4-5-8-22-17-36(27-21(18-37)13-14-34(27)19(2)3)28(38)35(22)16-20-11-12-25(29-15-20)23-9-6-7-10-24(23)26-30-32-33-31-26/h6-7,9-15,17,19,37H,4-5,8,16,18H2,1-3H3,(H,30,31,32,33). The van der Waals surface area contributed by atoms with Crippen LogP contribution in [0, 0.1) is 0 Å². The summed E-state index contributed by atoms with van der Waals surface area (Å²) in [7, 11) is 0. The largest absolute Gasteiger partial charge is 0.392 e. The predicted octanol–water partition coefficient (Wildman–Crippen LogP) is 4.15. The molecule has 0 aliphatic rings. The summed E-state index contributed by atoms with van der Waals surface area (Å²) in [6, 6.07) is 13.8. The SMILES string of the molecule is CCCCc1cn(-c2c(CO)ccn2C(C)C)c(=O)n1Cc1ccc(-c2ccccc2-c2nn[nH]n2)nc1. The van der Waals surface area contributed by atoms with Gasteiger partial charge in [0.1, 0.15) is 5.82 Å². The molecule has 10 heteroatoms. The van der Waals surface area contributed by atoms with Gasteiger partial charge in [-0.2, -0.15) is 5.21 Å². The van der Waals surface area contributed by atoms with Crippen LogP contribution in [0.4, 0.5) is 0 Å². The van der Waals surface area contributed by atoms with E-state index in [1.54, 1.807) is 4.57 Å². The van der Waals surface area contributed by atoms with Gasteiger partial charge in [0.2, 0.25) is 5.82 Å². The lowest BCUT2D eigenvalue weighted by Gasteiger charge is -2.14. The maximum atomic E-state index is 13.8. The first-order valence-electron chi connectivity index (χ1n) is 12.9. The van der Waals surface area contributed by atoms with Crippen molar-refractivity contribution in [3.63, 3.8) is 0 Å². The second-order valence-corrected chi connectivity index (χ2v) is 9.62. The van der Waals surface area contributed by atoms with E-state index >= 15 is 0 Å². The van der Waals surface area contributed by atoms with Gasteiger partial charge in [0.15, 0.2) is 0 Å². The van der Waals surface area contributed by atoms with Gasteiger partial charge in [-0.3, -0.25) is 14.1 Å². The lowest BCUT2D eigenvalue weighted by Crippen LogP contribution is -2.27. The Hall–Kier alpha value is -4.31. The van der Waals surface area contributed by atoms with Crippen LogP contribution in [0.3, 0.4) is 0 Å². The van der Waals surface area contributed by atoms with Crippen molar-refractivity contribution in [3.05, 3.63) is 88.4 Å². The van der Waals surface area contributed by atoms with E-state index < -0.39 is 0 Å². The summed E-state index contributed by atoms with van der Waals surface area (Å²) in [5, 5.41) is 24.3. The Morgan fingerprint density at radius 3 is 2.55 bits per heavy atom. The highest BCUT2D eigenvalue weighted by atomic mass is 16.3. The summed E-state index contributed by atoms with van der Waals surface area (Å²) >= 11 is 0. The van der Waals surface area contributed by atoms with Crippen LogP contribution in [-0.4, -0.2) is 44.4 Å². The lowest BCUT2D eigenvalue weighted by atomic mass is 10.0. The van der Waals surface area contributed by atoms with Gasteiger partial charge >= 0.3 is 5.69 Å². The highest BCUT2D eigenvalue weighted by Crippen LogP contribution is 2.28. The number of aliphatic hydroxyl groups is 1. The number of aliphatic hydroxyl groups excluding tert-OH is 1. The van der Waals surface area contributed by atoms with Crippen LogP contribution in [-0.2, 0) is 19.6 Å². The maximum absolute atomic E-state index is 13.8. The molecule has 0 saturated heterocycles. The average molecular weight is 513 g/mol. The van der Waals surface area contributed by atoms with Gasteiger partial charge < -0.3 is 9.67 Å². The van der Waals surface area contributed by atoms with Crippen LogP contribution in [0.25, 0.3) is 28.5 Å². The Kier molecular flexibility index (Phi) is 7.32. The molecule has 196 valence electrons. The van der Waals surface area contributed by atoms with Crippen molar-refractivity contribution in [2.45, 2.75) is 59.2 Å². The van der Waals surface area contributed by atoms with Gasteiger partial charge in [0, 0.05) is 47.0 Å². The fraction of sp³-hybridized carbons (Fsp3) is 0.321. The van der Waals surface area contributed by atoms with Gasteiger partial charge in [0.05, 0.1) is 18.8 Å². The van der Waals surface area contributed by atoms with E-state index in [4.69, 9.17) is 4.98 Å². The highest BCUT2D eigenvalue weighted by molar-refractivity contribution is 5.78. The maximum Gasteiger partial charge on any atom is 0.334 e. The normalized spacial score (nSPS) is 11.5. The number of pyridine rings is 1. The minimum absolute atomic E-state index is 0.127. The monoisotopic (exact) mass is 512 g/mol. The van der Waals surface area contributed by atoms with Gasteiger partial charge in [0.25, 0.3) is 0 Å². The second kappa shape index (κ2) is 11.0. The number of benzene rings is 1. The third kappa shape index (κ3) is 4.82. The van der Waals surface area contributed by atoms with Crippen molar-refractivity contribution >= 4 is 0 Å². The Balaban J connectivity index is 1.50. The Morgan fingerprint density at radius 1 is 1.08 bits per heavy atom. The zero-order valence-electron chi connectivity index (χ0n) is 21.9. The first-order chi connectivity index (χ1) is 18.5. The minimum atomic E-state index is -0.131. The number of tetrazole rings is 1. The molecule has 5 aromatic rings. The van der Waals surface area contributed by atoms with Gasteiger partial charge in [-0.05, 0) is 49.6 Å². The number of imidazole rings is 1. The molecule has 1 aromatic carbocycles. The number of hydrogen-bond acceptors (Lipinski definition) is 6. The molecule has 0 atom stereocenters. The molecule has 0 unspecified atom stereocenters. The first-order valence-corrected chi connectivity index (χ1v) is 12.9. The number of rotatable bonds is 10. The van der Waals surface area contributed by atoms with E-state index in [0.29, 0.717) is 12.4 Å². The summed E-state index contributed by atoms with van der Waals surface area (Å²) in [6.45, 7) is 6.54. The van der Waals surface area contributed by atoms with E-state index in [1.807, 2.05) is 70.2 Å². The first kappa shape index (κ1) is 25.3. The quantitative estimate of drug-likeness (QED) is 0.290. The zero-order chi connectivity index (χ0) is 26.6. The number of aromatic nitrogens is 8. The summed E-state index contributed by atoms with van der Waals surface area (Å²) in [4.78, 5) is 18.5. The zero-order valence-corrected chi connectivity index (χ0v) is 21.9. The molecule has 0 aliphatic heterocycles. The molecular weight excluding hydrogens is 480 g/mol. The molecule has 4 heterocycles. The van der Waals surface area contributed by atoms with E-state index in [0.717, 1.165) is 58.7 Å². The van der Waals surface area contributed by atoms with Crippen molar-refractivity contribution in [1.82, 2.24) is 39.3 Å². The number of nitrogens with zero attached hydrogens (tertiary/aromatic N) is 7. The topological polar surface area (TPSA) is 119 Å². The third-order valence-corrected chi connectivity index (χ3v) is 6.73. The van der Waals surface area contributed by atoms with Crippen molar-refractivity contribution in [2.75, 3.05) is 0 Å².